The van der Waals surface area contributed by atoms with Crippen LogP contribution in [0.4, 0.5) is 4.39 Å². The largest absolute Gasteiger partial charge is 0.306 e. The molecule has 0 fully saturated rings. The van der Waals surface area contributed by atoms with Crippen LogP contribution in [0.25, 0.3) is 0 Å². The first kappa shape index (κ1) is 13.9. The second-order valence-corrected chi connectivity index (χ2v) is 6.45. The molecule has 1 aliphatic heterocycles. The SMILES string of the molecule is Fc1ccc2c(c1)C(NCc1ccc(Cl)cc1)CCS2. The molecule has 0 saturated heterocycles. The topological polar surface area (TPSA) is 12.0 Å². The molecule has 3 rings (SSSR count). The Morgan fingerprint density at radius 2 is 2.00 bits per heavy atom. The Morgan fingerprint density at radius 3 is 2.80 bits per heavy atom. The summed E-state index contributed by atoms with van der Waals surface area (Å²) in [7, 11) is 0. The highest BCUT2D eigenvalue weighted by atomic mass is 35.5. The third-order valence-electron chi connectivity index (χ3n) is 3.48. The fraction of sp³-hybridized carbons (Fsp3) is 0.250. The van der Waals surface area contributed by atoms with E-state index in [2.05, 4.69) is 5.32 Å². The van der Waals surface area contributed by atoms with Gasteiger partial charge in [0.2, 0.25) is 0 Å². The van der Waals surface area contributed by atoms with Gasteiger partial charge in [-0.1, -0.05) is 23.7 Å². The standard InChI is InChI=1S/C16H15ClFNS/c17-12-3-1-11(2-4-12)10-19-15-7-8-20-16-6-5-13(18)9-14(15)16/h1-6,9,15,19H,7-8,10H2. The Labute approximate surface area is 127 Å². The van der Waals surface area contributed by atoms with Gasteiger partial charge in [0.1, 0.15) is 5.82 Å². The maximum absolute atomic E-state index is 13.4. The number of rotatable bonds is 3. The number of fused-ring (bicyclic) bond motifs is 1. The summed E-state index contributed by atoms with van der Waals surface area (Å²) in [6.45, 7) is 0.766. The van der Waals surface area contributed by atoms with Gasteiger partial charge in [-0.2, -0.15) is 0 Å². The number of thioether (sulfide) groups is 1. The highest BCUT2D eigenvalue weighted by Crippen LogP contribution is 2.36. The van der Waals surface area contributed by atoms with E-state index in [1.54, 1.807) is 17.8 Å². The summed E-state index contributed by atoms with van der Waals surface area (Å²) in [5, 5.41) is 4.26. The lowest BCUT2D eigenvalue weighted by atomic mass is 10.0. The van der Waals surface area contributed by atoms with Crippen molar-refractivity contribution in [1.29, 1.82) is 0 Å². The normalized spacial score (nSPS) is 17.8. The summed E-state index contributed by atoms with van der Waals surface area (Å²) in [4.78, 5) is 1.19. The summed E-state index contributed by atoms with van der Waals surface area (Å²) in [6.07, 6.45) is 1.02. The van der Waals surface area contributed by atoms with Crippen LogP contribution in [0.5, 0.6) is 0 Å². The number of hydrogen-bond acceptors (Lipinski definition) is 2. The molecule has 1 heterocycles. The molecule has 1 aliphatic rings. The second kappa shape index (κ2) is 6.17. The fourth-order valence-electron chi connectivity index (χ4n) is 2.42. The van der Waals surface area contributed by atoms with Crippen molar-refractivity contribution in [3.8, 4) is 0 Å². The van der Waals surface area contributed by atoms with Crippen molar-refractivity contribution in [3.63, 3.8) is 0 Å². The Hall–Kier alpha value is -1.03. The Balaban J connectivity index is 1.73. The van der Waals surface area contributed by atoms with Crippen LogP contribution in [-0.4, -0.2) is 5.75 Å². The lowest BCUT2D eigenvalue weighted by molar-refractivity contribution is 0.504. The highest BCUT2D eigenvalue weighted by Gasteiger charge is 2.20. The monoisotopic (exact) mass is 307 g/mol. The minimum Gasteiger partial charge on any atom is -0.306 e. The van der Waals surface area contributed by atoms with Crippen molar-refractivity contribution < 1.29 is 4.39 Å². The first-order valence-electron chi connectivity index (χ1n) is 6.62. The highest BCUT2D eigenvalue weighted by molar-refractivity contribution is 7.99. The van der Waals surface area contributed by atoms with Gasteiger partial charge in [-0.05, 0) is 53.6 Å². The summed E-state index contributed by atoms with van der Waals surface area (Å²) in [5.74, 6) is 0.904. The molecule has 1 nitrogen and oxygen atoms in total. The molecule has 2 aromatic carbocycles. The molecule has 0 spiro atoms. The molecule has 1 N–H and O–H groups in total. The molecule has 1 unspecified atom stereocenters. The number of benzene rings is 2. The zero-order chi connectivity index (χ0) is 13.9. The zero-order valence-electron chi connectivity index (χ0n) is 10.9. The van der Waals surface area contributed by atoms with Crippen LogP contribution >= 0.6 is 23.4 Å². The van der Waals surface area contributed by atoms with Crippen molar-refractivity contribution in [3.05, 3.63) is 64.4 Å². The molecule has 4 heteroatoms. The second-order valence-electron chi connectivity index (χ2n) is 4.88. The van der Waals surface area contributed by atoms with Gasteiger partial charge in [0.05, 0.1) is 0 Å². The molecule has 104 valence electrons. The van der Waals surface area contributed by atoms with Crippen LogP contribution in [0.2, 0.25) is 5.02 Å². The van der Waals surface area contributed by atoms with Gasteiger partial charge in [-0.25, -0.2) is 4.39 Å². The van der Waals surface area contributed by atoms with Crippen molar-refractivity contribution in [2.24, 2.45) is 0 Å². The van der Waals surface area contributed by atoms with Gasteiger partial charge in [0.15, 0.2) is 0 Å². The van der Waals surface area contributed by atoms with Crippen LogP contribution in [0.15, 0.2) is 47.4 Å². The molecule has 20 heavy (non-hydrogen) atoms. The van der Waals surface area contributed by atoms with Crippen LogP contribution in [-0.2, 0) is 6.54 Å². The van der Waals surface area contributed by atoms with E-state index in [4.69, 9.17) is 11.6 Å². The van der Waals surface area contributed by atoms with E-state index in [9.17, 15) is 4.39 Å². The van der Waals surface area contributed by atoms with Gasteiger partial charge in [-0.15, -0.1) is 11.8 Å². The van der Waals surface area contributed by atoms with E-state index in [1.807, 2.05) is 30.3 Å². The van der Waals surface area contributed by atoms with Crippen molar-refractivity contribution in [2.75, 3.05) is 5.75 Å². The average molecular weight is 308 g/mol. The van der Waals surface area contributed by atoms with Crippen molar-refractivity contribution in [2.45, 2.75) is 23.9 Å². The third kappa shape index (κ3) is 3.17. The molecule has 1 atom stereocenters. The predicted molar refractivity (Wildman–Crippen MR) is 82.8 cm³/mol. The average Bonchev–Trinajstić information content (AvgIpc) is 2.47. The van der Waals surface area contributed by atoms with Crippen LogP contribution in [0.3, 0.4) is 0 Å². The van der Waals surface area contributed by atoms with E-state index in [0.717, 1.165) is 29.3 Å². The van der Waals surface area contributed by atoms with E-state index < -0.39 is 0 Å². The van der Waals surface area contributed by atoms with Crippen LogP contribution < -0.4 is 5.32 Å². The molecule has 2 aromatic rings. The molecule has 0 aromatic heterocycles. The minimum atomic E-state index is -0.162. The third-order valence-corrected chi connectivity index (χ3v) is 4.85. The zero-order valence-corrected chi connectivity index (χ0v) is 12.5. The summed E-state index contributed by atoms with van der Waals surface area (Å²) in [6, 6.07) is 13.1. The number of nitrogens with one attached hydrogen (secondary N) is 1. The Kier molecular flexibility index (Phi) is 4.29. The molecule has 0 bridgehead atoms. The number of halogens is 2. The first-order valence-corrected chi connectivity index (χ1v) is 7.99. The van der Waals surface area contributed by atoms with E-state index in [1.165, 1.54) is 16.5 Å². The smallest absolute Gasteiger partial charge is 0.123 e. The lowest BCUT2D eigenvalue weighted by Crippen LogP contribution is -2.24. The molecular formula is C16H15ClFNS. The molecule has 0 aliphatic carbocycles. The van der Waals surface area contributed by atoms with E-state index in [0.29, 0.717) is 0 Å². The lowest BCUT2D eigenvalue weighted by Gasteiger charge is -2.26. The van der Waals surface area contributed by atoms with Gasteiger partial charge in [0.25, 0.3) is 0 Å². The van der Waals surface area contributed by atoms with E-state index in [-0.39, 0.29) is 11.9 Å². The summed E-state index contributed by atoms with van der Waals surface area (Å²) < 4.78 is 13.4. The maximum atomic E-state index is 13.4. The Morgan fingerprint density at radius 1 is 1.20 bits per heavy atom. The Bertz CT molecular complexity index is 600. The van der Waals surface area contributed by atoms with Crippen LogP contribution in [0.1, 0.15) is 23.6 Å². The van der Waals surface area contributed by atoms with Gasteiger partial charge in [0, 0.05) is 22.5 Å². The minimum absolute atomic E-state index is 0.162. The predicted octanol–water partition coefficient (Wildman–Crippen LogP) is 4.81. The van der Waals surface area contributed by atoms with Crippen molar-refractivity contribution in [1.82, 2.24) is 5.32 Å². The summed E-state index contributed by atoms with van der Waals surface area (Å²) in [5.41, 5.74) is 2.26. The molecular weight excluding hydrogens is 293 g/mol. The van der Waals surface area contributed by atoms with Gasteiger partial charge in [-0.3, -0.25) is 0 Å². The van der Waals surface area contributed by atoms with E-state index >= 15 is 0 Å². The van der Waals surface area contributed by atoms with Crippen molar-refractivity contribution >= 4 is 23.4 Å². The molecule has 0 saturated carbocycles. The first-order chi connectivity index (χ1) is 9.72. The molecule has 0 radical (unpaired) electrons. The summed E-state index contributed by atoms with van der Waals surface area (Å²) >= 11 is 7.68. The quantitative estimate of drug-likeness (QED) is 0.873. The fourth-order valence-corrected chi connectivity index (χ4v) is 3.65. The molecule has 0 amide bonds. The van der Waals surface area contributed by atoms with Crippen LogP contribution in [0, 0.1) is 5.82 Å². The van der Waals surface area contributed by atoms with Gasteiger partial charge >= 0.3 is 0 Å². The number of hydrogen-bond donors (Lipinski definition) is 1. The van der Waals surface area contributed by atoms with Gasteiger partial charge < -0.3 is 5.32 Å². The maximum Gasteiger partial charge on any atom is 0.123 e.